The smallest absolute Gasteiger partial charge is 0.248 e. The van der Waals surface area contributed by atoms with Crippen LogP contribution in [0.15, 0.2) is 36.4 Å². The summed E-state index contributed by atoms with van der Waals surface area (Å²) in [5.41, 5.74) is 10.2. The van der Waals surface area contributed by atoms with Gasteiger partial charge >= 0.3 is 0 Å². The van der Waals surface area contributed by atoms with Crippen molar-refractivity contribution in [2.24, 2.45) is 5.73 Å². The number of aryl methyl sites for hydroxylation is 1. The van der Waals surface area contributed by atoms with Crippen LogP contribution in [0.3, 0.4) is 0 Å². The van der Waals surface area contributed by atoms with E-state index in [1.165, 1.54) is 19.3 Å². The summed E-state index contributed by atoms with van der Waals surface area (Å²) in [6.45, 7) is 4.69. The summed E-state index contributed by atoms with van der Waals surface area (Å²) in [4.78, 5) is 14.0. The predicted octanol–water partition coefficient (Wildman–Crippen LogP) is 4.01. The highest BCUT2D eigenvalue weighted by Crippen LogP contribution is 2.40. The molecule has 0 radical (unpaired) electrons. The van der Waals surface area contributed by atoms with E-state index in [1.54, 1.807) is 6.07 Å². The third-order valence-corrected chi connectivity index (χ3v) is 6.82. The van der Waals surface area contributed by atoms with Gasteiger partial charge in [0.25, 0.3) is 0 Å². The predicted molar refractivity (Wildman–Crippen MR) is 112 cm³/mol. The topological polar surface area (TPSA) is 64.8 Å². The van der Waals surface area contributed by atoms with E-state index in [9.17, 15) is 4.79 Å². The molecule has 2 aromatic carbocycles. The highest BCUT2D eigenvalue weighted by atomic mass is 16.7. The Balaban J connectivity index is 1.33. The number of nitrogens with zero attached hydrogens (tertiary/aromatic N) is 1. The summed E-state index contributed by atoms with van der Waals surface area (Å²) in [5.74, 6) is 0.0671. The number of carbonyl (C=O) groups is 1. The van der Waals surface area contributed by atoms with Crippen LogP contribution in [0.2, 0.25) is 0 Å². The van der Waals surface area contributed by atoms with Crippen molar-refractivity contribution in [2.75, 3.05) is 13.1 Å². The maximum Gasteiger partial charge on any atom is 0.248 e. The lowest BCUT2D eigenvalue weighted by Crippen LogP contribution is -2.54. The highest BCUT2D eigenvalue weighted by molar-refractivity contribution is 5.93. The van der Waals surface area contributed by atoms with Gasteiger partial charge in [-0.1, -0.05) is 18.6 Å². The maximum absolute atomic E-state index is 11.4. The molecule has 5 rings (SSSR count). The number of piperidine rings is 1. The van der Waals surface area contributed by atoms with Gasteiger partial charge in [0.15, 0.2) is 0 Å². The highest BCUT2D eigenvalue weighted by Gasteiger charge is 2.42. The first-order valence-corrected chi connectivity index (χ1v) is 10.6. The van der Waals surface area contributed by atoms with Crippen LogP contribution in [0.25, 0.3) is 11.1 Å². The van der Waals surface area contributed by atoms with Gasteiger partial charge in [-0.25, -0.2) is 0 Å². The third kappa shape index (κ3) is 3.43. The van der Waals surface area contributed by atoms with Gasteiger partial charge in [-0.05, 0) is 60.7 Å². The van der Waals surface area contributed by atoms with Crippen molar-refractivity contribution in [3.8, 4) is 16.9 Å². The minimum Gasteiger partial charge on any atom is -0.462 e. The lowest BCUT2D eigenvalue weighted by atomic mass is 9.89. The Kier molecular flexibility index (Phi) is 4.60. The lowest BCUT2D eigenvalue weighted by Gasteiger charge is -2.47. The van der Waals surface area contributed by atoms with Crippen molar-refractivity contribution in [2.45, 2.75) is 57.5 Å². The van der Waals surface area contributed by atoms with Crippen molar-refractivity contribution in [3.05, 3.63) is 53.1 Å². The Bertz CT molecular complexity index is 943. The minimum atomic E-state index is -0.464. The second-order valence-electron chi connectivity index (χ2n) is 8.64. The molecule has 152 valence electrons. The van der Waals surface area contributed by atoms with Gasteiger partial charge in [0.1, 0.15) is 5.75 Å². The zero-order valence-corrected chi connectivity index (χ0v) is 16.9. The van der Waals surface area contributed by atoms with Crippen LogP contribution in [-0.2, 0) is 11.3 Å². The Morgan fingerprint density at radius 2 is 1.93 bits per heavy atom. The maximum atomic E-state index is 11.4. The molecule has 3 aliphatic rings. The molecule has 2 aromatic rings. The summed E-state index contributed by atoms with van der Waals surface area (Å²) in [7, 11) is 0. The van der Waals surface area contributed by atoms with E-state index < -0.39 is 11.7 Å². The number of nitrogens with two attached hydrogens (primary N) is 1. The second-order valence-corrected chi connectivity index (χ2v) is 8.64. The summed E-state index contributed by atoms with van der Waals surface area (Å²) >= 11 is 0. The van der Waals surface area contributed by atoms with Crippen LogP contribution in [0.1, 0.15) is 53.6 Å². The average molecular weight is 392 g/mol. The molecule has 2 heterocycles. The lowest BCUT2D eigenvalue weighted by molar-refractivity contribution is -0.231. The van der Waals surface area contributed by atoms with Gasteiger partial charge in [-0.2, -0.15) is 0 Å². The Morgan fingerprint density at radius 3 is 2.59 bits per heavy atom. The Hall–Kier alpha value is -2.37. The van der Waals surface area contributed by atoms with Crippen molar-refractivity contribution in [1.29, 1.82) is 0 Å². The minimum absolute atomic E-state index is 0.402. The summed E-state index contributed by atoms with van der Waals surface area (Å²) in [5, 5.41) is 0. The first-order valence-electron chi connectivity index (χ1n) is 10.6. The van der Waals surface area contributed by atoms with Crippen LogP contribution >= 0.6 is 0 Å². The van der Waals surface area contributed by atoms with Crippen molar-refractivity contribution in [1.82, 2.24) is 4.90 Å². The molecule has 0 bridgehead atoms. The number of rotatable bonds is 3. The largest absolute Gasteiger partial charge is 0.462 e. The molecule has 1 saturated carbocycles. The molecule has 5 nitrogen and oxygen atoms in total. The van der Waals surface area contributed by atoms with Crippen LogP contribution in [-0.4, -0.2) is 35.7 Å². The number of likely N-dealkylation sites (tertiary alicyclic amines) is 1. The van der Waals surface area contributed by atoms with Crippen LogP contribution in [0, 0.1) is 6.92 Å². The molecule has 0 unspecified atom stereocenters. The molecule has 1 aliphatic carbocycles. The number of benzene rings is 2. The molecule has 2 N–H and O–H groups in total. The van der Waals surface area contributed by atoms with E-state index in [-0.39, 0.29) is 0 Å². The van der Waals surface area contributed by atoms with E-state index in [1.807, 2.05) is 19.1 Å². The van der Waals surface area contributed by atoms with E-state index in [0.717, 1.165) is 60.0 Å². The molecule has 1 spiro atoms. The fourth-order valence-corrected chi connectivity index (χ4v) is 4.77. The van der Waals surface area contributed by atoms with Crippen molar-refractivity contribution < 1.29 is 14.3 Å². The molecule has 1 saturated heterocycles. The first kappa shape index (κ1) is 18.6. The number of amides is 1. The first-order chi connectivity index (χ1) is 14.0. The summed E-state index contributed by atoms with van der Waals surface area (Å²) in [6, 6.07) is 12.7. The molecular formula is C24H28N2O3. The van der Waals surface area contributed by atoms with Gasteiger partial charge in [0.05, 0.1) is 6.61 Å². The normalized spacial score (nSPS) is 21.3. The number of primary amides is 1. The zero-order chi connectivity index (χ0) is 20.0. The van der Waals surface area contributed by atoms with Gasteiger partial charge in [0.2, 0.25) is 11.7 Å². The monoisotopic (exact) mass is 392 g/mol. The number of hydrogen-bond acceptors (Lipinski definition) is 4. The van der Waals surface area contributed by atoms with Crippen LogP contribution < -0.4 is 10.5 Å². The Labute approximate surface area is 171 Å². The van der Waals surface area contributed by atoms with E-state index in [4.69, 9.17) is 15.2 Å². The van der Waals surface area contributed by atoms with Gasteiger partial charge in [0, 0.05) is 43.1 Å². The van der Waals surface area contributed by atoms with E-state index in [0.29, 0.717) is 12.2 Å². The molecule has 1 amide bonds. The number of ether oxygens (including phenoxy) is 2. The van der Waals surface area contributed by atoms with Crippen LogP contribution in [0.5, 0.6) is 5.75 Å². The van der Waals surface area contributed by atoms with E-state index >= 15 is 0 Å². The molecular weight excluding hydrogens is 364 g/mol. The quantitative estimate of drug-likeness (QED) is 0.857. The number of fused-ring (bicyclic) bond motifs is 1. The average Bonchev–Trinajstić information content (AvgIpc) is 2.68. The van der Waals surface area contributed by atoms with Gasteiger partial charge < -0.3 is 15.2 Å². The molecule has 2 fully saturated rings. The van der Waals surface area contributed by atoms with Gasteiger partial charge in [-0.15, -0.1) is 0 Å². The molecule has 0 aromatic heterocycles. The standard InChI is InChI=1S/C24H28N2O3/c1-16-13-18(23(25)27)5-7-21(16)17-6-8-22-19(14-17)15-28-24(29-22)9-11-26(12-10-24)20-3-2-4-20/h5-8,13-14,20H,2-4,9-12,15H2,1H3,(H2,25,27). The molecule has 0 atom stereocenters. The van der Waals surface area contributed by atoms with Crippen LogP contribution in [0.4, 0.5) is 0 Å². The third-order valence-electron chi connectivity index (χ3n) is 6.82. The van der Waals surface area contributed by atoms with Crippen molar-refractivity contribution in [3.63, 3.8) is 0 Å². The van der Waals surface area contributed by atoms with Crippen molar-refractivity contribution >= 4 is 5.91 Å². The van der Waals surface area contributed by atoms with E-state index in [2.05, 4.69) is 23.1 Å². The fourth-order valence-electron chi connectivity index (χ4n) is 4.77. The fraction of sp³-hybridized carbons (Fsp3) is 0.458. The Morgan fingerprint density at radius 1 is 1.14 bits per heavy atom. The second kappa shape index (κ2) is 7.15. The zero-order valence-electron chi connectivity index (χ0n) is 16.9. The molecule has 5 heteroatoms. The molecule has 29 heavy (non-hydrogen) atoms. The SMILES string of the molecule is Cc1cc(C(N)=O)ccc1-c1ccc2c(c1)COC1(CCN(C3CCC3)CC1)O2. The number of hydrogen-bond donors (Lipinski definition) is 1. The summed E-state index contributed by atoms with van der Waals surface area (Å²) < 4.78 is 12.7. The summed E-state index contributed by atoms with van der Waals surface area (Å²) in [6.07, 6.45) is 5.93. The van der Waals surface area contributed by atoms with Gasteiger partial charge in [-0.3, -0.25) is 9.69 Å². The molecule has 2 aliphatic heterocycles. The number of carbonyl (C=O) groups excluding carboxylic acids is 1.